The number of carbonyl (C=O) groups is 1. The van der Waals surface area contributed by atoms with Crippen LogP contribution in [-0.4, -0.2) is 23.5 Å². The molecule has 2 aromatic heterocycles. The molecule has 21 heavy (non-hydrogen) atoms. The van der Waals surface area contributed by atoms with E-state index >= 15 is 0 Å². The molecule has 0 fully saturated rings. The van der Waals surface area contributed by atoms with E-state index in [1.807, 2.05) is 17.5 Å². The number of aryl methyl sites for hydroxylation is 1. The molecule has 114 valence electrons. The molecule has 3 nitrogen and oxygen atoms in total. The molecular weight excluding hydrogens is 303 g/mol. The average molecular weight is 317 g/mol. The fourth-order valence-corrected chi connectivity index (χ4v) is 2.59. The van der Waals surface area contributed by atoms with Gasteiger partial charge >= 0.3 is 6.18 Å². The van der Waals surface area contributed by atoms with Crippen LogP contribution in [0.25, 0.3) is 0 Å². The summed E-state index contributed by atoms with van der Waals surface area (Å²) in [7, 11) is 0. The first-order chi connectivity index (χ1) is 9.94. The predicted octanol–water partition coefficient (Wildman–Crippen LogP) is 3.86. The van der Waals surface area contributed by atoms with Crippen molar-refractivity contribution in [2.24, 2.45) is 0 Å². The molecular formula is C14H14F3NO2S. The summed E-state index contributed by atoms with van der Waals surface area (Å²) >= 11 is 1.48. The molecule has 2 rings (SSSR count). The number of nitrogens with zero attached hydrogens (tertiary/aromatic N) is 1. The van der Waals surface area contributed by atoms with Crippen LogP contribution < -0.4 is 0 Å². The van der Waals surface area contributed by atoms with Gasteiger partial charge in [0.05, 0.1) is 12.8 Å². The van der Waals surface area contributed by atoms with Crippen LogP contribution in [0.15, 0.2) is 40.3 Å². The number of hydrogen-bond donors (Lipinski definition) is 0. The molecule has 1 amide bonds. The van der Waals surface area contributed by atoms with Gasteiger partial charge in [0.1, 0.15) is 12.3 Å². The first-order valence-electron chi connectivity index (χ1n) is 6.33. The molecule has 0 bridgehead atoms. The summed E-state index contributed by atoms with van der Waals surface area (Å²) < 4.78 is 42.8. The number of alkyl halides is 3. The Kier molecular flexibility index (Phi) is 5.06. The molecule has 0 aromatic carbocycles. The zero-order chi connectivity index (χ0) is 15.3. The smallest absolute Gasteiger partial charge is 0.406 e. The lowest BCUT2D eigenvalue weighted by molar-refractivity contribution is -0.162. The number of thiophene rings is 1. The molecule has 0 saturated heterocycles. The Morgan fingerprint density at radius 1 is 1.29 bits per heavy atom. The van der Waals surface area contributed by atoms with Gasteiger partial charge in [0.15, 0.2) is 0 Å². The van der Waals surface area contributed by atoms with E-state index in [-0.39, 0.29) is 13.0 Å². The van der Waals surface area contributed by atoms with E-state index in [1.165, 1.54) is 17.6 Å². The summed E-state index contributed by atoms with van der Waals surface area (Å²) in [5, 5.41) is 1.87. The third-order valence-electron chi connectivity index (χ3n) is 2.82. The van der Waals surface area contributed by atoms with E-state index in [0.29, 0.717) is 12.2 Å². The summed E-state index contributed by atoms with van der Waals surface area (Å²) in [4.78, 5) is 13.8. The van der Waals surface area contributed by atoms with Crippen molar-refractivity contribution in [3.63, 3.8) is 0 Å². The van der Waals surface area contributed by atoms with E-state index in [0.717, 1.165) is 9.78 Å². The summed E-state index contributed by atoms with van der Waals surface area (Å²) in [6.45, 7) is -1.44. The number of halogens is 3. The number of amides is 1. The maximum atomic E-state index is 12.6. The van der Waals surface area contributed by atoms with Crippen LogP contribution in [0.4, 0.5) is 13.2 Å². The normalized spacial score (nSPS) is 11.6. The molecule has 0 aliphatic rings. The maximum Gasteiger partial charge on any atom is 0.406 e. The van der Waals surface area contributed by atoms with Gasteiger partial charge in [-0.3, -0.25) is 4.79 Å². The van der Waals surface area contributed by atoms with Crippen LogP contribution in [0.3, 0.4) is 0 Å². The number of hydrogen-bond acceptors (Lipinski definition) is 3. The van der Waals surface area contributed by atoms with Gasteiger partial charge in [-0.2, -0.15) is 13.2 Å². The second-order valence-electron chi connectivity index (χ2n) is 4.52. The summed E-state index contributed by atoms with van der Waals surface area (Å²) in [6.07, 6.45) is -2.55. The molecule has 7 heteroatoms. The summed E-state index contributed by atoms with van der Waals surface area (Å²) in [5.41, 5.74) is 0. The Morgan fingerprint density at radius 2 is 2.10 bits per heavy atom. The van der Waals surface area contributed by atoms with E-state index in [4.69, 9.17) is 4.42 Å². The van der Waals surface area contributed by atoms with Crippen LogP contribution >= 0.6 is 11.3 Å². The Labute approximate surface area is 124 Å². The van der Waals surface area contributed by atoms with Crippen molar-refractivity contribution in [3.8, 4) is 0 Å². The Morgan fingerprint density at radius 3 is 2.67 bits per heavy atom. The highest BCUT2D eigenvalue weighted by atomic mass is 32.1. The molecule has 0 radical (unpaired) electrons. The van der Waals surface area contributed by atoms with E-state index in [1.54, 1.807) is 12.1 Å². The average Bonchev–Trinajstić information content (AvgIpc) is 3.06. The van der Waals surface area contributed by atoms with Crippen molar-refractivity contribution in [1.29, 1.82) is 0 Å². The second-order valence-corrected chi connectivity index (χ2v) is 5.56. The summed E-state index contributed by atoms with van der Waals surface area (Å²) in [5.74, 6) is -0.194. The maximum absolute atomic E-state index is 12.6. The lowest BCUT2D eigenvalue weighted by Crippen LogP contribution is -2.38. The van der Waals surface area contributed by atoms with E-state index in [2.05, 4.69) is 0 Å². The van der Waals surface area contributed by atoms with E-state index < -0.39 is 18.6 Å². The second kappa shape index (κ2) is 6.80. The highest BCUT2D eigenvalue weighted by Crippen LogP contribution is 2.20. The van der Waals surface area contributed by atoms with Crippen molar-refractivity contribution in [2.45, 2.75) is 25.6 Å². The lowest BCUT2D eigenvalue weighted by Gasteiger charge is -2.23. The van der Waals surface area contributed by atoms with Crippen LogP contribution in [0, 0.1) is 0 Å². The zero-order valence-corrected chi connectivity index (χ0v) is 11.9. The summed E-state index contributed by atoms with van der Waals surface area (Å²) in [6, 6.07) is 6.84. The van der Waals surface area contributed by atoms with Crippen molar-refractivity contribution >= 4 is 17.2 Å². The Bertz CT molecular complexity index is 549. The van der Waals surface area contributed by atoms with Crippen LogP contribution in [0.1, 0.15) is 17.1 Å². The monoisotopic (exact) mass is 317 g/mol. The molecule has 0 saturated carbocycles. The fourth-order valence-electron chi connectivity index (χ4n) is 1.88. The van der Waals surface area contributed by atoms with Crippen LogP contribution in [0.2, 0.25) is 0 Å². The zero-order valence-electron chi connectivity index (χ0n) is 11.1. The molecule has 0 aliphatic heterocycles. The van der Waals surface area contributed by atoms with Crippen molar-refractivity contribution in [2.75, 3.05) is 6.54 Å². The first-order valence-corrected chi connectivity index (χ1v) is 7.21. The number of furan rings is 1. The standard InChI is InChI=1S/C14H14F3NO2S/c15-14(16,17)10-18(9-11-3-1-7-20-11)13(19)6-5-12-4-2-8-21-12/h1-4,7-8H,5-6,9-10H2. The first kappa shape index (κ1) is 15.6. The minimum absolute atomic E-state index is 0.0529. The van der Waals surface area contributed by atoms with Crippen LogP contribution in [0.5, 0.6) is 0 Å². The van der Waals surface area contributed by atoms with Crippen LogP contribution in [-0.2, 0) is 17.8 Å². The third kappa shape index (κ3) is 5.26. The van der Waals surface area contributed by atoms with Crippen molar-refractivity contribution in [3.05, 3.63) is 46.5 Å². The molecule has 0 aliphatic carbocycles. The van der Waals surface area contributed by atoms with Gasteiger partial charge in [0.25, 0.3) is 0 Å². The Balaban J connectivity index is 1.97. The van der Waals surface area contributed by atoms with Gasteiger partial charge in [-0.1, -0.05) is 6.07 Å². The van der Waals surface area contributed by atoms with Crippen molar-refractivity contribution < 1.29 is 22.4 Å². The molecule has 2 heterocycles. The highest BCUT2D eigenvalue weighted by molar-refractivity contribution is 7.09. The van der Waals surface area contributed by atoms with Gasteiger partial charge in [-0.05, 0) is 30.0 Å². The predicted molar refractivity (Wildman–Crippen MR) is 72.8 cm³/mol. The number of rotatable bonds is 6. The molecule has 0 N–H and O–H groups in total. The van der Waals surface area contributed by atoms with Gasteiger partial charge in [-0.25, -0.2) is 0 Å². The van der Waals surface area contributed by atoms with Crippen molar-refractivity contribution in [1.82, 2.24) is 4.90 Å². The molecule has 2 aromatic rings. The van der Waals surface area contributed by atoms with Gasteiger partial charge in [-0.15, -0.1) is 11.3 Å². The van der Waals surface area contributed by atoms with E-state index in [9.17, 15) is 18.0 Å². The van der Waals surface area contributed by atoms with Gasteiger partial charge < -0.3 is 9.32 Å². The minimum atomic E-state index is -4.43. The SMILES string of the molecule is O=C(CCc1cccs1)N(Cc1ccco1)CC(F)(F)F. The Hall–Kier alpha value is -1.76. The topological polar surface area (TPSA) is 33.5 Å². The molecule has 0 spiro atoms. The minimum Gasteiger partial charge on any atom is -0.467 e. The highest BCUT2D eigenvalue weighted by Gasteiger charge is 2.33. The van der Waals surface area contributed by atoms with Gasteiger partial charge in [0, 0.05) is 11.3 Å². The number of carbonyl (C=O) groups excluding carboxylic acids is 1. The fraction of sp³-hybridized carbons (Fsp3) is 0.357. The third-order valence-corrected chi connectivity index (χ3v) is 3.75. The van der Waals surface area contributed by atoms with Gasteiger partial charge in [0.2, 0.25) is 5.91 Å². The largest absolute Gasteiger partial charge is 0.467 e. The molecule has 0 unspecified atom stereocenters. The quantitative estimate of drug-likeness (QED) is 0.810. The molecule has 0 atom stereocenters. The lowest BCUT2D eigenvalue weighted by atomic mass is 10.2.